The molecule has 0 radical (unpaired) electrons. The number of benzene rings is 2. The molecule has 60 heavy (non-hydrogen) atoms. The molecule has 0 saturated heterocycles. The van der Waals surface area contributed by atoms with Gasteiger partial charge in [0.1, 0.15) is 23.3 Å². The van der Waals surface area contributed by atoms with Gasteiger partial charge in [-0.15, -0.1) is 0 Å². The first kappa shape index (κ1) is 53.9. The number of hydrogen-bond acceptors (Lipinski definition) is 8. The van der Waals surface area contributed by atoms with E-state index in [0.717, 1.165) is 88.5 Å². The number of ether oxygens (including phenoxy) is 2. The van der Waals surface area contributed by atoms with Gasteiger partial charge in [-0.25, -0.2) is 17.6 Å². The van der Waals surface area contributed by atoms with Gasteiger partial charge in [-0.1, -0.05) is 44.6 Å². The number of carboxylic acids is 2. The Bertz CT molecular complexity index is 1590. The van der Waals surface area contributed by atoms with Crippen molar-refractivity contribution in [1.82, 2.24) is 10.6 Å². The van der Waals surface area contributed by atoms with Gasteiger partial charge in [0.25, 0.3) is 0 Å². The Kier molecular flexibility index (Phi) is 26.2. The minimum Gasteiger partial charge on any atom is -0.550 e. The highest BCUT2D eigenvalue weighted by atomic mass is 19.1. The summed E-state index contributed by atoms with van der Waals surface area (Å²) in [5.41, 5.74) is 0.549. The van der Waals surface area contributed by atoms with E-state index in [4.69, 9.17) is 9.47 Å². The van der Waals surface area contributed by atoms with Gasteiger partial charge >= 0.3 is 0 Å². The lowest BCUT2D eigenvalue weighted by Gasteiger charge is -2.30. The molecule has 0 bridgehead atoms. The van der Waals surface area contributed by atoms with E-state index in [1.165, 1.54) is 12.1 Å². The van der Waals surface area contributed by atoms with Crippen LogP contribution in [0.2, 0.25) is 0 Å². The molecule has 16 heteroatoms. The van der Waals surface area contributed by atoms with Crippen LogP contribution in [0.4, 0.5) is 17.6 Å². The maximum absolute atomic E-state index is 13.5. The van der Waals surface area contributed by atoms with E-state index in [0.29, 0.717) is 53.7 Å². The Balaban J connectivity index is 0.000000600. The van der Waals surface area contributed by atoms with Crippen LogP contribution in [0.1, 0.15) is 101 Å². The number of nitrogens with one attached hydrogen (secondary N) is 2. The quantitative estimate of drug-likeness (QED) is 0.0670. The maximum atomic E-state index is 13.5. The van der Waals surface area contributed by atoms with Crippen LogP contribution in [0, 0.1) is 23.3 Å². The molecule has 0 saturated carbocycles. The Labute approximate surface area is 353 Å². The normalized spacial score (nSPS) is 12.6. The number of amides is 2. The van der Waals surface area contributed by atoms with Crippen molar-refractivity contribution < 1.29 is 65.4 Å². The van der Waals surface area contributed by atoms with Crippen LogP contribution in [-0.4, -0.2) is 113 Å². The monoisotopic (exact) mass is 856 g/mol. The molecule has 0 aliphatic heterocycles. The number of unbranched alkanes of at least 4 members (excludes halogenated alkanes) is 8. The minimum absolute atomic E-state index is 0.0457. The lowest BCUT2D eigenvalue weighted by Crippen LogP contribution is -2.50. The van der Waals surface area contributed by atoms with E-state index in [-0.39, 0.29) is 43.4 Å². The molecule has 0 aromatic heterocycles. The van der Waals surface area contributed by atoms with Crippen LogP contribution in [0.15, 0.2) is 36.4 Å². The van der Waals surface area contributed by atoms with E-state index in [1.807, 2.05) is 42.3 Å². The number of likely N-dealkylation sites (N-methyl/N-ethyl adjacent to an activating group) is 2. The zero-order chi connectivity index (χ0) is 45.1. The fourth-order valence-corrected chi connectivity index (χ4v) is 6.34. The second-order valence-electron chi connectivity index (χ2n) is 17.2. The topological polar surface area (TPSA) is 157 Å². The number of carboxylic acid groups (broad SMARTS) is 2. The Morgan fingerprint density at radius 3 is 1.38 bits per heavy atom. The second kappa shape index (κ2) is 29.2. The third-order valence-electron chi connectivity index (χ3n) is 9.02. The van der Waals surface area contributed by atoms with Gasteiger partial charge in [-0.3, -0.25) is 9.59 Å². The van der Waals surface area contributed by atoms with Crippen molar-refractivity contribution in [2.24, 2.45) is 0 Å². The first-order valence-electron chi connectivity index (χ1n) is 20.8. The number of aliphatic carboxylic acids is 2. The highest BCUT2D eigenvalue weighted by Gasteiger charge is 2.21. The van der Waals surface area contributed by atoms with Crippen LogP contribution in [-0.2, 0) is 41.9 Å². The third-order valence-corrected chi connectivity index (χ3v) is 9.02. The van der Waals surface area contributed by atoms with Gasteiger partial charge in [-0.05, 0) is 49.9 Å². The van der Waals surface area contributed by atoms with Gasteiger partial charge in [0.15, 0.2) is 0 Å². The number of nitrogens with zero attached hydrogens (tertiary/aromatic N) is 2. The van der Waals surface area contributed by atoms with E-state index in [2.05, 4.69) is 10.6 Å². The first-order chi connectivity index (χ1) is 28.1. The average molecular weight is 857 g/mol. The van der Waals surface area contributed by atoms with E-state index < -0.39 is 47.3 Å². The molecule has 2 atom stereocenters. The van der Waals surface area contributed by atoms with Crippen LogP contribution in [0.3, 0.4) is 0 Å². The number of rotatable bonds is 30. The molecule has 0 heterocycles. The molecule has 0 aliphatic rings. The van der Waals surface area contributed by atoms with Gasteiger partial charge in [0.2, 0.25) is 11.8 Å². The molecule has 2 aromatic carbocycles. The summed E-state index contributed by atoms with van der Waals surface area (Å²) < 4.78 is 64.7. The molecule has 340 valence electrons. The summed E-state index contributed by atoms with van der Waals surface area (Å²) in [5.74, 6) is -4.78. The van der Waals surface area contributed by atoms with Crippen LogP contribution >= 0.6 is 0 Å². The zero-order valence-corrected chi connectivity index (χ0v) is 36.4. The van der Waals surface area contributed by atoms with Crippen molar-refractivity contribution in [2.45, 2.75) is 115 Å². The zero-order valence-electron chi connectivity index (χ0n) is 36.4. The van der Waals surface area contributed by atoms with Crippen LogP contribution < -0.4 is 20.8 Å². The molecule has 0 fully saturated rings. The molecule has 2 aromatic rings. The molecule has 0 unspecified atom stereocenters. The summed E-state index contributed by atoms with van der Waals surface area (Å²) in [5, 5.41) is 27.4. The first-order valence-corrected chi connectivity index (χ1v) is 20.8. The average Bonchev–Trinajstić information content (AvgIpc) is 3.10. The van der Waals surface area contributed by atoms with Crippen molar-refractivity contribution in [3.63, 3.8) is 0 Å². The fourth-order valence-electron chi connectivity index (χ4n) is 6.34. The molecule has 2 rings (SSSR count). The molecular formula is C44H68F4N4O8. The van der Waals surface area contributed by atoms with E-state index >= 15 is 0 Å². The smallest absolute Gasteiger partial charge is 0.220 e. The van der Waals surface area contributed by atoms with Gasteiger partial charge in [-0.2, -0.15) is 0 Å². The Hall–Kier alpha value is -4.12. The maximum Gasteiger partial charge on any atom is 0.220 e. The van der Waals surface area contributed by atoms with Crippen molar-refractivity contribution in [3.8, 4) is 0 Å². The molecule has 0 spiro atoms. The van der Waals surface area contributed by atoms with Crippen molar-refractivity contribution in [1.29, 1.82) is 0 Å². The van der Waals surface area contributed by atoms with Gasteiger partial charge in [0, 0.05) is 68.0 Å². The fraction of sp³-hybridized carbons (Fsp3) is 0.636. The van der Waals surface area contributed by atoms with Gasteiger partial charge in [0.05, 0.1) is 80.7 Å². The predicted octanol–water partition coefficient (Wildman–Crippen LogP) is 4.31. The minimum atomic E-state index is -1.17. The Morgan fingerprint density at radius 1 is 0.550 bits per heavy atom. The van der Waals surface area contributed by atoms with Crippen LogP contribution in [0.25, 0.3) is 0 Å². The lowest BCUT2D eigenvalue weighted by molar-refractivity contribution is -0.871. The van der Waals surface area contributed by atoms with Crippen molar-refractivity contribution in [3.05, 3.63) is 70.8 Å². The van der Waals surface area contributed by atoms with Crippen LogP contribution in [0.5, 0.6) is 0 Å². The highest BCUT2D eigenvalue weighted by Crippen LogP contribution is 2.14. The summed E-state index contributed by atoms with van der Waals surface area (Å²) in [7, 11) is 11.6. The second-order valence-corrected chi connectivity index (χ2v) is 17.2. The number of carbonyl (C=O) groups is 4. The number of hydrogen-bond donors (Lipinski definition) is 2. The lowest BCUT2D eigenvalue weighted by atomic mass is 10.1. The highest BCUT2D eigenvalue weighted by molar-refractivity contribution is 5.77. The predicted molar refractivity (Wildman–Crippen MR) is 216 cm³/mol. The van der Waals surface area contributed by atoms with Crippen molar-refractivity contribution in [2.75, 3.05) is 68.6 Å². The van der Waals surface area contributed by atoms with E-state index in [1.54, 1.807) is 0 Å². The Morgan fingerprint density at radius 2 is 0.950 bits per heavy atom. The third kappa shape index (κ3) is 29.2. The number of quaternary nitrogens is 2. The number of carbonyl (C=O) groups excluding carboxylic acids is 4. The number of halogens is 4. The van der Waals surface area contributed by atoms with E-state index in [9.17, 15) is 47.0 Å². The molecule has 12 nitrogen and oxygen atoms in total. The van der Waals surface area contributed by atoms with Gasteiger partial charge < -0.3 is 48.9 Å². The summed E-state index contributed by atoms with van der Waals surface area (Å²) in [6.45, 7) is 2.15. The molecule has 2 N–H and O–H groups in total. The molecule has 0 aliphatic carbocycles. The SMILES string of the molecule is C[N+](C)(C)C[C@@H](CC(=O)[O-])NC(=O)CCCCCCCOCc1cc(F)ccc1F.C[N+](C)(C)C[C@@H](CC(=O)[O-])NC(=O)CCCCCCCOCc1ccc(F)cc1F. The standard InChI is InChI=1S/2C22H34F2N2O4/c1-26(2,3)15-19(14-22(28)29)25-21(27)9-7-5-4-6-8-12-30-16-17-13-18(23)10-11-20(17)24;1-26(2,3)15-19(14-22(28)29)25-21(27)9-7-5-4-6-8-12-30-16-17-10-11-18(23)13-20(17)24/h2*10-11,13,19H,4-9,12,14-16H2,1-3H3,(H-,25,27,28,29)/t2*19-/m11/s1. The summed E-state index contributed by atoms with van der Waals surface area (Å²) >= 11 is 0. The molecular weight excluding hydrogens is 788 g/mol. The largest absolute Gasteiger partial charge is 0.550 e. The summed E-state index contributed by atoms with van der Waals surface area (Å²) in [6.07, 6.45) is 8.93. The summed E-state index contributed by atoms with van der Waals surface area (Å²) in [6, 6.07) is 5.86. The molecule has 2 amide bonds. The van der Waals surface area contributed by atoms with Crippen molar-refractivity contribution >= 4 is 23.8 Å². The summed E-state index contributed by atoms with van der Waals surface area (Å²) in [4.78, 5) is 45.9.